The van der Waals surface area contributed by atoms with Crippen LogP contribution >= 0.6 is 15.9 Å². The molecule has 1 unspecified atom stereocenters. The van der Waals surface area contributed by atoms with Crippen LogP contribution in [-0.2, 0) is 0 Å². The van der Waals surface area contributed by atoms with Gasteiger partial charge in [-0.3, -0.25) is 9.58 Å². The Balaban J connectivity index is 1.51. The van der Waals surface area contributed by atoms with Crippen LogP contribution in [0.25, 0.3) is 0 Å². The van der Waals surface area contributed by atoms with E-state index < -0.39 is 6.10 Å². The minimum Gasteiger partial charge on any atom is -0.464 e. The number of aliphatic hydroxyl groups excluding tert-OH is 1. The van der Waals surface area contributed by atoms with Crippen molar-refractivity contribution in [3.05, 3.63) is 40.5 Å². The summed E-state index contributed by atoms with van der Waals surface area (Å²) in [5, 5.41) is 14.3. The van der Waals surface area contributed by atoms with Gasteiger partial charge in [0.2, 0.25) is 0 Å². The van der Waals surface area contributed by atoms with Crippen molar-refractivity contribution in [2.24, 2.45) is 0 Å². The number of β-amino-alcohol motifs (C(OH)–C–C–N with tert-alkyl or cyclic N) is 1. The second kappa shape index (κ2) is 5.11. The van der Waals surface area contributed by atoms with Crippen LogP contribution in [0.15, 0.2) is 33.4 Å². The lowest BCUT2D eigenvalue weighted by molar-refractivity contribution is 0.0312. The van der Waals surface area contributed by atoms with Gasteiger partial charge in [0.25, 0.3) is 0 Å². The molecule has 1 atom stereocenters. The van der Waals surface area contributed by atoms with Crippen molar-refractivity contribution in [3.63, 3.8) is 0 Å². The molecule has 0 amide bonds. The number of rotatable bonds is 4. The van der Waals surface area contributed by atoms with E-state index in [0.29, 0.717) is 18.3 Å². The Bertz CT molecular complexity index is 560. The molecular weight excluding hydrogens is 310 g/mol. The van der Waals surface area contributed by atoms with Crippen LogP contribution < -0.4 is 0 Å². The lowest BCUT2D eigenvalue weighted by Crippen LogP contribution is -2.49. The summed E-state index contributed by atoms with van der Waals surface area (Å²) in [6.07, 6.45) is 3.22. The quantitative estimate of drug-likeness (QED) is 0.935. The van der Waals surface area contributed by atoms with Crippen molar-refractivity contribution < 1.29 is 9.52 Å². The third-order valence-corrected chi connectivity index (χ3v) is 3.81. The summed E-state index contributed by atoms with van der Waals surface area (Å²) in [5.41, 5.74) is 0. The maximum atomic E-state index is 10.1. The van der Waals surface area contributed by atoms with E-state index in [1.807, 2.05) is 29.9 Å². The fraction of sp³-hybridized carbons (Fsp3) is 0.462. The third kappa shape index (κ3) is 2.75. The van der Waals surface area contributed by atoms with E-state index in [1.54, 1.807) is 6.20 Å². The highest BCUT2D eigenvalue weighted by Crippen LogP contribution is 2.25. The topological polar surface area (TPSA) is 54.4 Å². The molecule has 0 radical (unpaired) electrons. The first-order valence-corrected chi connectivity index (χ1v) is 7.07. The number of nitrogens with zero attached hydrogens (tertiary/aromatic N) is 3. The van der Waals surface area contributed by atoms with Gasteiger partial charge >= 0.3 is 0 Å². The van der Waals surface area contributed by atoms with E-state index in [-0.39, 0.29) is 0 Å². The Morgan fingerprint density at radius 3 is 2.89 bits per heavy atom. The minimum absolute atomic E-state index is 0.400. The minimum atomic E-state index is -0.556. The first kappa shape index (κ1) is 12.9. The predicted molar refractivity (Wildman–Crippen MR) is 73.8 cm³/mol. The maximum absolute atomic E-state index is 10.1. The molecule has 3 rings (SSSR count). The zero-order chi connectivity index (χ0) is 13.4. The molecular formula is C13H16BrN3O2. The second-order valence-corrected chi connectivity index (χ2v) is 5.89. The summed E-state index contributed by atoms with van der Waals surface area (Å²) in [6, 6.07) is 4.11. The number of aliphatic hydroxyl groups is 1. The Hall–Kier alpha value is -1.11. The number of likely N-dealkylation sites (tertiary alicyclic amines) is 1. The van der Waals surface area contributed by atoms with E-state index in [1.165, 1.54) is 0 Å². The van der Waals surface area contributed by atoms with Crippen LogP contribution in [0.3, 0.4) is 0 Å². The SMILES string of the molecule is Cc1ccc(C(O)CN2CC(n3cc(Br)cn3)C2)o1. The number of halogens is 1. The number of aryl methyl sites for hydroxylation is 1. The standard InChI is InChI=1S/C13H16BrN3O2/c1-9-2-3-13(19-9)12(18)8-16-6-11(7-16)17-5-10(14)4-15-17/h2-5,11-12,18H,6-8H2,1H3. The molecule has 3 heterocycles. The van der Waals surface area contributed by atoms with Crippen LogP contribution in [0.5, 0.6) is 0 Å². The first-order valence-electron chi connectivity index (χ1n) is 6.28. The molecule has 2 aromatic rings. The van der Waals surface area contributed by atoms with Gasteiger partial charge in [0.1, 0.15) is 17.6 Å². The Morgan fingerprint density at radius 1 is 1.53 bits per heavy atom. The molecule has 0 aromatic carbocycles. The summed E-state index contributed by atoms with van der Waals surface area (Å²) >= 11 is 3.39. The van der Waals surface area contributed by atoms with Gasteiger partial charge in [0, 0.05) is 25.8 Å². The molecule has 0 saturated carbocycles. The van der Waals surface area contributed by atoms with Crippen LogP contribution in [0.4, 0.5) is 0 Å². The molecule has 1 aliphatic heterocycles. The van der Waals surface area contributed by atoms with Gasteiger partial charge in [0.15, 0.2) is 0 Å². The number of furan rings is 1. The van der Waals surface area contributed by atoms with Crippen LogP contribution in [0, 0.1) is 6.92 Å². The molecule has 2 aromatic heterocycles. The van der Waals surface area contributed by atoms with Crippen molar-refractivity contribution in [2.45, 2.75) is 19.1 Å². The van der Waals surface area contributed by atoms with Gasteiger partial charge in [-0.15, -0.1) is 0 Å². The highest BCUT2D eigenvalue weighted by atomic mass is 79.9. The first-order chi connectivity index (χ1) is 9.11. The summed E-state index contributed by atoms with van der Waals surface area (Å²) in [6.45, 7) is 4.30. The zero-order valence-corrected chi connectivity index (χ0v) is 12.2. The Labute approximate surface area is 119 Å². The zero-order valence-electron chi connectivity index (χ0n) is 10.7. The van der Waals surface area contributed by atoms with Crippen LogP contribution in [0.1, 0.15) is 23.7 Å². The van der Waals surface area contributed by atoms with Crippen molar-refractivity contribution >= 4 is 15.9 Å². The summed E-state index contributed by atoms with van der Waals surface area (Å²) in [4.78, 5) is 2.20. The molecule has 0 spiro atoms. The molecule has 1 saturated heterocycles. The summed E-state index contributed by atoms with van der Waals surface area (Å²) in [5.74, 6) is 1.47. The molecule has 1 fully saturated rings. The molecule has 5 nitrogen and oxygen atoms in total. The summed E-state index contributed by atoms with van der Waals surface area (Å²) < 4.78 is 8.39. The van der Waals surface area contributed by atoms with Gasteiger partial charge in [0.05, 0.1) is 16.7 Å². The third-order valence-electron chi connectivity index (χ3n) is 3.40. The van der Waals surface area contributed by atoms with Crippen molar-refractivity contribution in [1.82, 2.24) is 14.7 Å². The highest BCUT2D eigenvalue weighted by molar-refractivity contribution is 9.10. The molecule has 1 aliphatic rings. The van der Waals surface area contributed by atoms with Gasteiger partial charge in [-0.2, -0.15) is 5.10 Å². The molecule has 0 aliphatic carbocycles. The average Bonchev–Trinajstić information content (AvgIpc) is 2.92. The lowest BCUT2D eigenvalue weighted by atomic mass is 10.1. The fourth-order valence-corrected chi connectivity index (χ4v) is 2.64. The molecule has 102 valence electrons. The van der Waals surface area contributed by atoms with Crippen molar-refractivity contribution in [2.75, 3.05) is 19.6 Å². The fourth-order valence-electron chi connectivity index (χ4n) is 2.34. The number of hydrogen-bond donors (Lipinski definition) is 1. The normalized spacial score (nSPS) is 18.5. The van der Waals surface area contributed by atoms with E-state index >= 15 is 0 Å². The molecule has 19 heavy (non-hydrogen) atoms. The van der Waals surface area contributed by atoms with E-state index in [0.717, 1.165) is 23.3 Å². The van der Waals surface area contributed by atoms with Crippen molar-refractivity contribution in [3.8, 4) is 0 Å². The van der Waals surface area contributed by atoms with Gasteiger partial charge in [-0.05, 0) is 35.0 Å². The van der Waals surface area contributed by atoms with Gasteiger partial charge < -0.3 is 9.52 Å². The van der Waals surface area contributed by atoms with E-state index in [4.69, 9.17) is 4.42 Å². The lowest BCUT2D eigenvalue weighted by Gasteiger charge is -2.39. The predicted octanol–water partition coefficient (Wildman–Crippen LogP) is 2.14. The highest BCUT2D eigenvalue weighted by Gasteiger charge is 2.30. The van der Waals surface area contributed by atoms with Gasteiger partial charge in [-0.25, -0.2) is 0 Å². The largest absolute Gasteiger partial charge is 0.464 e. The van der Waals surface area contributed by atoms with E-state index in [2.05, 4.69) is 25.9 Å². The van der Waals surface area contributed by atoms with Crippen molar-refractivity contribution in [1.29, 1.82) is 0 Å². The van der Waals surface area contributed by atoms with E-state index in [9.17, 15) is 5.11 Å². The van der Waals surface area contributed by atoms with Crippen LogP contribution in [0.2, 0.25) is 0 Å². The summed E-state index contributed by atoms with van der Waals surface area (Å²) in [7, 11) is 0. The molecule has 1 N–H and O–H groups in total. The number of hydrogen-bond acceptors (Lipinski definition) is 4. The molecule has 6 heteroatoms. The maximum Gasteiger partial charge on any atom is 0.133 e. The van der Waals surface area contributed by atoms with Gasteiger partial charge in [-0.1, -0.05) is 0 Å². The molecule has 0 bridgehead atoms. The monoisotopic (exact) mass is 325 g/mol. The average molecular weight is 326 g/mol. The smallest absolute Gasteiger partial charge is 0.133 e. The number of aromatic nitrogens is 2. The Morgan fingerprint density at radius 2 is 2.32 bits per heavy atom. The second-order valence-electron chi connectivity index (χ2n) is 4.98. The van der Waals surface area contributed by atoms with Crippen LogP contribution in [-0.4, -0.2) is 39.4 Å². The Kier molecular flexibility index (Phi) is 3.47.